The van der Waals surface area contributed by atoms with Crippen molar-refractivity contribution in [1.82, 2.24) is 0 Å². The average Bonchev–Trinajstić information content (AvgIpc) is 2.00. The average molecular weight is 190 g/mol. The Bertz CT molecular complexity index is 276. The highest BCUT2D eigenvalue weighted by atomic mass is 32.2. The van der Waals surface area contributed by atoms with Gasteiger partial charge >= 0.3 is 5.30 Å². The van der Waals surface area contributed by atoms with E-state index in [9.17, 15) is 13.2 Å². The molecule has 0 atom stereocenters. The van der Waals surface area contributed by atoms with E-state index in [2.05, 4.69) is 17.9 Å². The maximum absolute atomic E-state index is 10.9. The molecular formula is C7H10O4S. The minimum atomic E-state index is -3.81. The summed E-state index contributed by atoms with van der Waals surface area (Å²) in [6.45, 7) is 6.37. The smallest absolute Gasteiger partial charge is 0.425 e. The van der Waals surface area contributed by atoms with Gasteiger partial charge in [-0.05, 0) is 0 Å². The van der Waals surface area contributed by atoms with Gasteiger partial charge in [-0.1, -0.05) is 18.7 Å². The van der Waals surface area contributed by atoms with Crippen molar-refractivity contribution in [2.24, 2.45) is 0 Å². The van der Waals surface area contributed by atoms with E-state index in [4.69, 9.17) is 0 Å². The summed E-state index contributed by atoms with van der Waals surface area (Å²) in [6, 6.07) is 0. The lowest BCUT2D eigenvalue weighted by Crippen LogP contribution is -2.18. The van der Waals surface area contributed by atoms with Crippen LogP contribution in [-0.2, 0) is 14.6 Å². The Balaban J connectivity index is 4.26. The minimum Gasteiger partial charge on any atom is -0.450 e. The lowest BCUT2D eigenvalue weighted by Gasteiger charge is -1.99. The molecule has 0 spiro atoms. The molecular weight excluding hydrogens is 180 g/mol. The molecule has 0 bridgehead atoms. The Hall–Kier alpha value is -1.10. The van der Waals surface area contributed by atoms with Gasteiger partial charge < -0.3 is 4.74 Å². The number of carbonyl (C=O) groups excluding carboxylic acids is 1. The second-order valence-electron chi connectivity index (χ2n) is 1.92. The molecule has 12 heavy (non-hydrogen) atoms. The molecule has 68 valence electrons. The molecule has 0 aliphatic carbocycles. The lowest BCUT2D eigenvalue weighted by atomic mass is 10.7. The zero-order chi connectivity index (χ0) is 9.61. The predicted molar refractivity (Wildman–Crippen MR) is 45.5 cm³/mol. The first-order valence-electron chi connectivity index (χ1n) is 3.16. The molecule has 4 nitrogen and oxygen atoms in total. The molecule has 5 heteroatoms. The summed E-state index contributed by atoms with van der Waals surface area (Å²) in [5.74, 6) is -0.400. The molecule has 0 rings (SSSR count). The van der Waals surface area contributed by atoms with Gasteiger partial charge in [0.1, 0.15) is 6.61 Å². The van der Waals surface area contributed by atoms with Crippen molar-refractivity contribution in [3.05, 3.63) is 25.3 Å². The standard InChI is InChI=1S/C7H10O4S/c1-3-5-11-7(8)12(9,10)6-4-2/h3-4H,1-2,5-6H2. The van der Waals surface area contributed by atoms with Gasteiger partial charge in [0, 0.05) is 0 Å². The monoisotopic (exact) mass is 190 g/mol. The van der Waals surface area contributed by atoms with Crippen LogP contribution in [0, 0.1) is 0 Å². The molecule has 0 unspecified atom stereocenters. The van der Waals surface area contributed by atoms with Gasteiger partial charge in [0.25, 0.3) is 9.84 Å². The summed E-state index contributed by atoms with van der Waals surface area (Å²) in [5, 5.41) is -1.23. The van der Waals surface area contributed by atoms with Crippen molar-refractivity contribution < 1.29 is 17.9 Å². The van der Waals surface area contributed by atoms with Gasteiger partial charge in [-0.3, -0.25) is 0 Å². The van der Waals surface area contributed by atoms with E-state index < -0.39 is 20.9 Å². The van der Waals surface area contributed by atoms with Gasteiger partial charge in [0.2, 0.25) is 0 Å². The Kier molecular flexibility index (Phi) is 4.28. The third-order valence-corrected chi connectivity index (χ3v) is 2.21. The van der Waals surface area contributed by atoms with E-state index in [1.165, 1.54) is 6.08 Å². The molecule has 0 saturated heterocycles. The fourth-order valence-corrected chi connectivity index (χ4v) is 1.13. The van der Waals surface area contributed by atoms with Gasteiger partial charge in [0.15, 0.2) is 0 Å². The summed E-state index contributed by atoms with van der Waals surface area (Å²) < 4.78 is 26.0. The number of rotatable bonds is 4. The van der Waals surface area contributed by atoms with Crippen LogP contribution in [-0.4, -0.2) is 26.1 Å². The highest BCUT2D eigenvalue weighted by molar-refractivity contribution is 8.05. The maximum Gasteiger partial charge on any atom is 0.425 e. The summed E-state index contributed by atoms with van der Waals surface area (Å²) in [7, 11) is -3.81. The Labute approximate surface area is 71.5 Å². The fraction of sp³-hybridized carbons (Fsp3) is 0.286. The van der Waals surface area contributed by atoms with E-state index in [0.29, 0.717) is 0 Å². The zero-order valence-electron chi connectivity index (χ0n) is 6.52. The van der Waals surface area contributed by atoms with E-state index in [1.54, 1.807) is 0 Å². The zero-order valence-corrected chi connectivity index (χ0v) is 7.34. The van der Waals surface area contributed by atoms with Crippen LogP contribution in [0.4, 0.5) is 4.79 Å². The van der Waals surface area contributed by atoms with Crippen LogP contribution in [0.3, 0.4) is 0 Å². The fourth-order valence-electron chi connectivity index (χ4n) is 0.440. The minimum absolute atomic E-state index is 0.102. The quantitative estimate of drug-likeness (QED) is 0.488. The van der Waals surface area contributed by atoms with E-state index >= 15 is 0 Å². The number of hydrogen-bond acceptors (Lipinski definition) is 4. The number of hydrogen-bond donors (Lipinski definition) is 0. The maximum atomic E-state index is 10.9. The molecule has 0 fully saturated rings. The van der Waals surface area contributed by atoms with Crippen LogP contribution in [0.25, 0.3) is 0 Å². The normalized spacial score (nSPS) is 10.3. The summed E-state index contributed by atoms with van der Waals surface area (Å²) in [6.07, 6.45) is 2.42. The van der Waals surface area contributed by atoms with Crippen molar-refractivity contribution >= 4 is 15.1 Å². The summed E-state index contributed by atoms with van der Waals surface area (Å²) in [5.41, 5.74) is 0. The molecule has 0 aromatic rings. The van der Waals surface area contributed by atoms with Crippen LogP contribution in [0.1, 0.15) is 0 Å². The van der Waals surface area contributed by atoms with Crippen LogP contribution < -0.4 is 0 Å². The molecule has 0 radical (unpaired) electrons. The van der Waals surface area contributed by atoms with Crippen molar-refractivity contribution in [3.63, 3.8) is 0 Å². The first kappa shape index (κ1) is 10.9. The molecule has 0 aliphatic heterocycles. The van der Waals surface area contributed by atoms with Gasteiger partial charge in [0.05, 0.1) is 5.75 Å². The summed E-state index contributed by atoms with van der Waals surface area (Å²) >= 11 is 0. The van der Waals surface area contributed by atoms with E-state index in [0.717, 1.165) is 6.08 Å². The first-order valence-corrected chi connectivity index (χ1v) is 4.81. The highest BCUT2D eigenvalue weighted by Gasteiger charge is 2.21. The number of carbonyl (C=O) groups is 1. The topological polar surface area (TPSA) is 60.4 Å². The molecule has 0 heterocycles. The molecule has 0 aliphatic rings. The van der Waals surface area contributed by atoms with Crippen LogP contribution >= 0.6 is 0 Å². The van der Waals surface area contributed by atoms with Crippen molar-refractivity contribution in [1.29, 1.82) is 0 Å². The predicted octanol–water partition coefficient (Wildman–Crippen LogP) is 0.910. The van der Waals surface area contributed by atoms with E-state index in [1.807, 2.05) is 0 Å². The second kappa shape index (κ2) is 4.71. The van der Waals surface area contributed by atoms with Crippen LogP contribution in [0.2, 0.25) is 0 Å². The van der Waals surface area contributed by atoms with Crippen molar-refractivity contribution in [3.8, 4) is 0 Å². The Morgan fingerprint density at radius 3 is 2.33 bits per heavy atom. The van der Waals surface area contributed by atoms with Gasteiger partial charge in [-0.2, -0.15) is 0 Å². The highest BCUT2D eigenvalue weighted by Crippen LogP contribution is 1.96. The third kappa shape index (κ3) is 3.34. The summed E-state index contributed by atoms with van der Waals surface area (Å²) in [4.78, 5) is 10.7. The lowest BCUT2D eigenvalue weighted by molar-refractivity contribution is 0.185. The third-order valence-electron chi connectivity index (χ3n) is 0.910. The van der Waals surface area contributed by atoms with E-state index in [-0.39, 0.29) is 6.61 Å². The molecule has 0 aromatic heterocycles. The number of ether oxygens (including phenoxy) is 1. The van der Waals surface area contributed by atoms with Crippen LogP contribution in [0.5, 0.6) is 0 Å². The molecule has 0 amide bonds. The first-order chi connectivity index (χ1) is 5.54. The van der Waals surface area contributed by atoms with Crippen LogP contribution in [0.15, 0.2) is 25.3 Å². The van der Waals surface area contributed by atoms with Gasteiger partial charge in [-0.25, -0.2) is 13.2 Å². The number of sulfone groups is 1. The molecule has 0 N–H and O–H groups in total. The molecule has 0 aromatic carbocycles. The van der Waals surface area contributed by atoms with Crippen molar-refractivity contribution in [2.45, 2.75) is 0 Å². The van der Waals surface area contributed by atoms with Gasteiger partial charge in [-0.15, -0.1) is 6.58 Å². The Morgan fingerprint density at radius 1 is 1.33 bits per heavy atom. The SMILES string of the molecule is C=CCOC(=O)S(=O)(=O)CC=C. The second-order valence-corrected chi connectivity index (χ2v) is 3.82. The van der Waals surface area contributed by atoms with Crippen molar-refractivity contribution in [2.75, 3.05) is 12.4 Å². The Morgan fingerprint density at radius 2 is 1.92 bits per heavy atom. The molecule has 0 saturated carbocycles. The largest absolute Gasteiger partial charge is 0.450 e.